The average Bonchev–Trinajstić information content (AvgIpc) is 3.12. The molecule has 2 heterocycles. The number of anilines is 1. The fourth-order valence-electron chi connectivity index (χ4n) is 3.35. The Kier molecular flexibility index (Phi) is 4.74. The molecule has 1 aliphatic rings. The van der Waals surface area contributed by atoms with Crippen LogP contribution in [0.15, 0.2) is 48.8 Å². The van der Waals surface area contributed by atoms with Crippen molar-refractivity contribution in [2.24, 2.45) is 0 Å². The molecule has 134 valence electrons. The lowest BCUT2D eigenvalue weighted by atomic mass is 9.93. The maximum Gasteiger partial charge on any atom is 0.222 e. The van der Waals surface area contributed by atoms with Crippen molar-refractivity contribution in [1.82, 2.24) is 14.8 Å². The third-order valence-electron chi connectivity index (χ3n) is 4.55. The summed E-state index contributed by atoms with van der Waals surface area (Å²) in [6.45, 7) is 2.52. The Morgan fingerprint density at radius 1 is 1.19 bits per heavy atom. The Hall–Kier alpha value is -2.24. The summed E-state index contributed by atoms with van der Waals surface area (Å²) in [5, 5.41) is 9.15. The number of fused-ring (bicyclic) bond motifs is 1. The lowest BCUT2D eigenvalue weighted by Crippen LogP contribution is -2.28. The quantitative estimate of drug-likeness (QED) is 0.672. The van der Waals surface area contributed by atoms with Gasteiger partial charge in [0.15, 0.2) is 0 Å². The molecule has 0 aliphatic carbocycles. The molecule has 0 radical (unpaired) electrons. The summed E-state index contributed by atoms with van der Waals surface area (Å²) in [5.41, 5.74) is 2.11. The van der Waals surface area contributed by atoms with Crippen molar-refractivity contribution in [3.05, 3.63) is 70.0 Å². The minimum Gasteiger partial charge on any atom is -0.492 e. The Morgan fingerprint density at radius 2 is 2.04 bits per heavy atom. The van der Waals surface area contributed by atoms with Gasteiger partial charge in [-0.25, -0.2) is 4.68 Å². The maximum absolute atomic E-state index is 6.45. The molecule has 0 spiro atoms. The lowest BCUT2D eigenvalue weighted by Gasteiger charge is -2.32. The third-order valence-corrected chi connectivity index (χ3v) is 5.19. The van der Waals surface area contributed by atoms with Crippen LogP contribution >= 0.6 is 23.2 Å². The molecule has 0 fully saturated rings. The Balaban J connectivity index is 1.70. The van der Waals surface area contributed by atoms with Crippen LogP contribution in [0.5, 0.6) is 5.75 Å². The van der Waals surface area contributed by atoms with Crippen molar-refractivity contribution in [2.75, 3.05) is 11.9 Å². The first-order valence-electron chi connectivity index (χ1n) is 8.50. The molecule has 0 saturated heterocycles. The highest BCUT2D eigenvalue weighted by molar-refractivity contribution is 6.32. The van der Waals surface area contributed by atoms with Gasteiger partial charge in [-0.1, -0.05) is 47.5 Å². The summed E-state index contributed by atoms with van der Waals surface area (Å²) < 4.78 is 7.42. The first kappa shape index (κ1) is 17.2. The molecule has 26 heavy (non-hydrogen) atoms. The van der Waals surface area contributed by atoms with Gasteiger partial charge in [0, 0.05) is 5.02 Å². The number of hydrogen-bond acceptors (Lipinski definition) is 4. The van der Waals surface area contributed by atoms with Crippen molar-refractivity contribution in [3.8, 4) is 5.75 Å². The molecular weight excluding hydrogens is 371 g/mol. The Bertz CT molecular complexity index is 927. The van der Waals surface area contributed by atoms with Crippen LogP contribution in [0.25, 0.3) is 0 Å². The van der Waals surface area contributed by atoms with Crippen LogP contribution in [0.2, 0.25) is 10.0 Å². The highest BCUT2D eigenvalue weighted by atomic mass is 35.5. The molecule has 0 bridgehead atoms. The summed E-state index contributed by atoms with van der Waals surface area (Å²) >= 11 is 12.8. The second-order valence-electron chi connectivity index (χ2n) is 6.12. The predicted molar refractivity (Wildman–Crippen MR) is 103 cm³/mol. The minimum atomic E-state index is -0.00204. The van der Waals surface area contributed by atoms with Crippen LogP contribution < -0.4 is 10.1 Å². The van der Waals surface area contributed by atoms with Gasteiger partial charge in [-0.2, -0.15) is 10.1 Å². The monoisotopic (exact) mass is 388 g/mol. The molecule has 1 N–H and O–H groups in total. The van der Waals surface area contributed by atoms with E-state index in [1.54, 1.807) is 6.33 Å². The number of nitrogens with one attached hydrogen (secondary N) is 1. The van der Waals surface area contributed by atoms with Crippen LogP contribution in [0.3, 0.4) is 0 Å². The van der Waals surface area contributed by atoms with E-state index < -0.39 is 0 Å². The van der Waals surface area contributed by atoms with E-state index in [4.69, 9.17) is 27.9 Å². The number of rotatable bonds is 4. The number of ether oxygens (including phenoxy) is 1. The molecule has 1 aliphatic heterocycles. The van der Waals surface area contributed by atoms with E-state index in [1.807, 2.05) is 54.1 Å². The fraction of sp³-hybridized carbons (Fsp3) is 0.263. The smallest absolute Gasteiger partial charge is 0.222 e. The largest absolute Gasteiger partial charge is 0.492 e. The van der Waals surface area contributed by atoms with Crippen molar-refractivity contribution >= 4 is 29.2 Å². The second-order valence-corrected chi connectivity index (χ2v) is 6.94. The second kappa shape index (κ2) is 7.17. The van der Waals surface area contributed by atoms with Crippen LogP contribution in [-0.2, 0) is 0 Å². The van der Waals surface area contributed by atoms with E-state index in [2.05, 4.69) is 15.4 Å². The topological polar surface area (TPSA) is 52.0 Å². The Morgan fingerprint density at radius 3 is 2.81 bits per heavy atom. The van der Waals surface area contributed by atoms with Gasteiger partial charge in [-0.15, -0.1) is 0 Å². The Labute approximate surface area is 161 Å². The maximum atomic E-state index is 6.45. The van der Waals surface area contributed by atoms with Crippen LogP contribution in [0, 0.1) is 0 Å². The zero-order valence-corrected chi connectivity index (χ0v) is 15.7. The van der Waals surface area contributed by atoms with Gasteiger partial charge in [-0.3, -0.25) is 0 Å². The normalized spacial score (nSPS) is 18.9. The molecule has 3 aromatic rings. The zero-order chi connectivity index (χ0) is 18.1. The predicted octanol–water partition coefficient (Wildman–Crippen LogP) is 5.13. The minimum absolute atomic E-state index is 0.00204. The molecule has 1 aromatic heterocycles. The summed E-state index contributed by atoms with van der Waals surface area (Å²) in [6, 6.07) is 13.8. The molecule has 0 unspecified atom stereocenters. The molecule has 0 saturated carbocycles. The molecule has 7 heteroatoms. The van der Waals surface area contributed by atoms with Crippen LogP contribution in [0.1, 0.15) is 36.6 Å². The van der Waals surface area contributed by atoms with Gasteiger partial charge in [0.1, 0.15) is 12.1 Å². The van der Waals surface area contributed by atoms with E-state index in [0.29, 0.717) is 17.4 Å². The first-order valence-corrected chi connectivity index (χ1v) is 9.25. The number of hydrogen-bond donors (Lipinski definition) is 1. The third kappa shape index (κ3) is 3.13. The van der Waals surface area contributed by atoms with Gasteiger partial charge in [0.05, 0.1) is 23.7 Å². The van der Waals surface area contributed by atoms with E-state index in [1.165, 1.54) is 0 Å². The number of halogens is 2. The van der Waals surface area contributed by atoms with Gasteiger partial charge in [-0.05, 0) is 42.7 Å². The SMILES string of the molecule is CCOc1ccc([C@H]2C[C@H](c3ccccc3Cl)n3ncnc3N2)cc1Cl. The van der Waals surface area contributed by atoms with Crippen molar-refractivity contribution < 1.29 is 4.74 Å². The summed E-state index contributed by atoms with van der Waals surface area (Å²) in [4.78, 5) is 4.35. The van der Waals surface area contributed by atoms with E-state index in [9.17, 15) is 0 Å². The van der Waals surface area contributed by atoms with E-state index in [0.717, 1.165) is 28.5 Å². The standard InChI is InChI=1S/C19H18Cl2N4O/c1-2-26-18-8-7-12(9-15(18)21)16-10-17(13-5-3-4-6-14(13)20)25-19(24-16)22-11-23-25/h3-9,11,16-17H,2,10H2,1H3,(H,22,23,24)/t16-,17-/m1/s1. The van der Waals surface area contributed by atoms with Gasteiger partial charge in [0.2, 0.25) is 5.95 Å². The molecule has 2 aromatic carbocycles. The van der Waals surface area contributed by atoms with E-state index >= 15 is 0 Å². The van der Waals surface area contributed by atoms with E-state index in [-0.39, 0.29) is 12.1 Å². The summed E-state index contributed by atoms with van der Waals surface area (Å²) in [7, 11) is 0. The number of benzene rings is 2. The summed E-state index contributed by atoms with van der Waals surface area (Å²) in [6.07, 6.45) is 2.34. The average molecular weight is 389 g/mol. The summed E-state index contributed by atoms with van der Waals surface area (Å²) in [5.74, 6) is 1.41. The van der Waals surface area contributed by atoms with Crippen LogP contribution in [0.4, 0.5) is 5.95 Å². The van der Waals surface area contributed by atoms with Crippen molar-refractivity contribution in [2.45, 2.75) is 25.4 Å². The first-order chi connectivity index (χ1) is 12.7. The van der Waals surface area contributed by atoms with Gasteiger partial charge < -0.3 is 10.1 Å². The number of nitrogens with zero attached hydrogens (tertiary/aromatic N) is 3. The highest BCUT2D eigenvalue weighted by Gasteiger charge is 2.31. The van der Waals surface area contributed by atoms with Crippen LogP contribution in [-0.4, -0.2) is 21.4 Å². The molecular formula is C19H18Cl2N4O. The lowest BCUT2D eigenvalue weighted by molar-refractivity contribution is 0.340. The molecule has 4 rings (SSSR count). The van der Waals surface area contributed by atoms with Crippen molar-refractivity contribution in [3.63, 3.8) is 0 Å². The molecule has 0 amide bonds. The zero-order valence-electron chi connectivity index (χ0n) is 14.2. The number of aromatic nitrogens is 3. The van der Waals surface area contributed by atoms with Gasteiger partial charge >= 0.3 is 0 Å². The molecule has 5 nitrogen and oxygen atoms in total. The highest BCUT2D eigenvalue weighted by Crippen LogP contribution is 2.40. The molecule has 2 atom stereocenters. The fourth-order valence-corrected chi connectivity index (χ4v) is 3.85. The van der Waals surface area contributed by atoms with Gasteiger partial charge in [0.25, 0.3) is 0 Å². The van der Waals surface area contributed by atoms with Crippen molar-refractivity contribution in [1.29, 1.82) is 0 Å².